The predicted molar refractivity (Wildman–Crippen MR) is 88.4 cm³/mol. The highest BCUT2D eigenvalue weighted by Crippen LogP contribution is 2.26. The first-order chi connectivity index (χ1) is 9.58. The van der Waals surface area contributed by atoms with Gasteiger partial charge in [-0.25, -0.2) is 0 Å². The highest BCUT2D eigenvalue weighted by atomic mass is 127. The number of nitrogens with zero attached hydrogens (tertiary/aromatic N) is 3. The van der Waals surface area contributed by atoms with Crippen molar-refractivity contribution in [3.8, 4) is 0 Å². The first kappa shape index (κ1) is 15.5. The number of rotatable bonds is 5. The fourth-order valence-corrected chi connectivity index (χ4v) is 3.18. The van der Waals surface area contributed by atoms with Crippen LogP contribution in [0.25, 0.3) is 0 Å². The number of hydrogen-bond donors (Lipinski definition) is 1. The van der Waals surface area contributed by atoms with Gasteiger partial charge in [0.1, 0.15) is 0 Å². The Kier molecular flexibility index (Phi) is 5.55. The molecule has 0 bridgehead atoms. The van der Waals surface area contributed by atoms with Gasteiger partial charge in [-0.05, 0) is 28.7 Å². The number of nitro groups is 1. The fourth-order valence-electron chi connectivity index (χ4n) is 2.27. The van der Waals surface area contributed by atoms with E-state index in [-0.39, 0.29) is 10.6 Å². The zero-order valence-corrected chi connectivity index (χ0v) is 13.7. The molecule has 0 saturated carbocycles. The van der Waals surface area contributed by atoms with Crippen LogP contribution >= 0.6 is 22.6 Å². The topological polar surface area (TPSA) is 61.6 Å². The van der Waals surface area contributed by atoms with E-state index in [1.807, 2.05) is 13.1 Å². The maximum absolute atomic E-state index is 10.7. The quantitative estimate of drug-likeness (QED) is 0.470. The predicted octanol–water partition coefficient (Wildman–Crippen LogP) is 1.54. The van der Waals surface area contributed by atoms with E-state index in [9.17, 15) is 10.1 Å². The Morgan fingerprint density at radius 1 is 1.45 bits per heavy atom. The number of non-ortho nitro benzene ring substituents is 1. The lowest BCUT2D eigenvalue weighted by Crippen LogP contribution is -2.46. The van der Waals surface area contributed by atoms with E-state index in [0.29, 0.717) is 0 Å². The van der Waals surface area contributed by atoms with Gasteiger partial charge in [-0.3, -0.25) is 15.0 Å². The average molecular weight is 390 g/mol. The molecule has 1 aromatic rings. The Morgan fingerprint density at radius 3 is 2.75 bits per heavy atom. The fraction of sp³-hybridized carbons (Fsp3) is 0.538. The molecule has 1 N–H and O–H groups in total. The lowest BCUT2D eigenvalue weighted by atomic mass is 10.2. The minimum atomic E-state index is -0.354. The van der Waals surface area contributed by atoms with Crippen molar-refractivity contribution in [1.29, 1.82) is 0 Å². The van der Waals surface area contributed by atoms with Crippen LogP contribution in [0.15, 0.2) is 18.2 Å². The monoisotopic (exact) mass is 390 g/mol. The summed E-state index contributed by atoms with van der Waals surface area (Å²) >= 11 is 2.16. The first-order valence-corrected chi connectivity index (χ1v) is 7.74. The summed E-state index contributed by atoms with van der Waals surface area (Å²) in [4.78, 5) is 15.0. The SMILES string of the molecule is CN(CCN1CCNCC1)c1ccc([N+](=O)[O-])cc1I. The van der Waals surface area contributed by atoms with E-state index >= 15 is 0 Å². The number of nitrogens with one attached hydrogen (secondary N) is 1. The van der Waals surface area contributed by atoms with Gasteiger partial charge >= 0.3 is 0 Å². The van der Waals surface area contributed by atoms with Crippen molar-refractivity contribution in [3.63, 3.8) is 0 Å². The summed E-state index contributed by atoms with van der Waals surface area (Å²) in [5.74, 6) is 0. The minimum absolute atomic E-state index is 0.147. The number of hydrogen-bond acceptors (Lipinski definition) is 5. The van der Waals surface area contributed by atoms with Gasteiger partial charge in [0.15, 0.2) is 0 Å². The van der Waals surface area contributed by atoms with Crippen LogP contribution in [0, 0.1) is 13.7 Å². The molecule has 1 aliphatic heterocycles. The second kappa shape index (κ2) is 7.19. The van der Waals surface area contributed by atoms with E-state index in [0.717, 1.165) is 48.5 Å². The van der Waals surface area contributed by atoms with Gasteiger partial charge in [0.25, 0.3) is 5.69 Å². The normalized spacial score (nSPS) is 16.1. The van der Waals surface area contributed by atoms with Crippen LogP contribution in [-0.4, -0.2) is 56.1 Å². The molecular weight excluding hydrogens is 371 g/mol. The summed E-state index contributed by atoms with van der Waals surface area (Å²) in [5, 5.41) is 14.1. The third kappa shape index (κ3) is 4.03. The first-order valence-electron chi connectivity index (χ1n) is 6.66. The van der Waals surface area contributed by atoms with Crippen molar-refractivity contribution >= 4 is 34.0 Å². The molecule has 0 spiro atoms. The molecule has 1 aliphatic rings. The van der Waals surface area contributed by atoms with Crippen LogP contribution in [-0.2, 0) is 0 Å². The summed E-state index contributed by atoms with van der Waals surface area (Å²) < 4.78 is 0.916. The van der Waals surface area contributed by atoms with Crippen LogP contribution in [0.3, 0.4) is 0 Å². The van der Waals surface area contributed by atoms with Crippen molar-refractivity contribution in [2.45, 2.75) is 0 Å². The molecule has 0 amide bonds. The average Bonchev–Trinajstić information content (AvgIpc) is 2.45. The molecule has 0 unspecified atom stereocenters. The van der Waals surface area contributed by atoms with Gasteiger partial charge in [0.05, 0.1) is 10.6 Å². The molecule has 110 valence electrons. The number of likely N-dealkylation sites (N-methyl/N-ethyl adjacent to an activating group) is 1. The summed E-state index contributed by atoms with van der Waals surface area (Å²) in [6.45, 7) is 6.23. The second-order valence-corrected chi connectivity index (χ2v) is 6.07. The Bertz CT molecular complexity index is 477. The molecule has 1 saturated heterocycles. The lowest BCUT2D eigenvalue weighted by Gasteiger charge is -2.30. The number of nitro benzene ring substituents is 1. The largest absolute Gasteiger partial charge is 0.372 e. The zero-order chi connectivity index (χ0) is 14.5. The molecule has 20 heavy (non-hydrogen) atoms. The number of benzene rings is 1. The third-order valence-corrected chi connectivity index (χ3v) is 4.38. The van der Waals surface area contributed by atoms with Crippen LogP contribution in [0.2, 0.25) is 0 Å². The van der Waals surface area contributed by atoms with E-state index in [1.54, 1.807) is 12.1 Å². The van der Waals surface area contributed by atoms with Crippen LogP contribution in [0.1, 0.15) is 0 Å². The van der Waals surface area contributed by atoms with Crippen molar-refractivity contribution in [2.75, 3.05) is 51.2 Å². The molecule has 0 aliphatic carbocycles. The van der Waals surface area contributed by atoms with Gasteiger partial charge < -0.3 is 10.2 Å². The summed E-state index contributed by atoms with van der Waals surface area (Å²) in [5.41, 5.74) is 1.19. The van der Waals surface area contributed by atoms with E-state index in [2.05, 4.69) is 37.7 Å². The highest BCUT2D eigenvalue weighted by Gasteiger charge is 2.14. The summed E-state index contributed by atoms with van der Waals surface area (Å²) in [6, 6.07) is 5.02. The number of piperazine rings is 1. The van der Waals surface area contributed by atoms with Crippen LogP contribution in [0.4, 0.5) is 11.4 Å². The van der Waals surface area contributed by atoms with Gasteiger partial charge in [0.2, 0.25) is 0 Å². The van der Waals surface area contributed by atoms with Crippen molar-refractivity contribution in [3.05, 3.63) is 31.9 Å². The van der Waals surface area contributed by atoms with Crippen LogP contribution < -0.4 is 10.2 Å². The van der Waals surface area contributed by atoms with E-state index in [1.165, 1.54) is 0 Å². The van der Waals surface area contributed by atoms with Gasteiger partial charge in [-0.1, -0.05) is 0 Å². The van der Waals surface area contributed by atoms with Crippen molar-refractivity contribution in [2.24, 2.45) is 0 Å². The van der Waals surface area contributed by atoms with Gasteiger partial charge in [0, 0.05) is 62.0 Å². The third-order valence-electron chi connectivity index (χ3n) is 3.51. The standard InChI is InChI=1S/C13H19IN4O2/c1-16(8-9-17-6-4-15-5-7-17)13-3-2-11(18(19)20)10-12(13)14/h2-3,10,15H,4-9H2,1H3. The molecule has 7 heteroatoms. The lowest BCUT2D eigenvalue weighted by molar-refractivity contribution is -0.384. The Labute approximate surface area is 132 Å². The van der Waals surface area contributed by atoms with Gasteiger partial charge in [-0.15, -0.1) is 0 Å². The molecule has 1 fully saturated rings. The van der Waals surface area contributed by atoms with E-state index in [4.69, 9.17) is 0 Å². The number of halogens is 1. The summed E-state index contributed by atoms with van der Waals surface area (Å²) in [7, 11) is 2.03. The molecule has 0 aromatic heterocycles. The highest BCUT2D eigenvalue weighted by molar-refractivity contribution is 14.1. The van der Waals surface area contributed by atoms with E-state index < -0.39 is 0 Å². The molecular formula is C13H19IN4O2. The maximum Gasteiger partial charge on any atom is 0.270 e. The van der Waals surface area contributed by atoms with Gasteiger partial charge in [-0.2, -0.15) is 0 Å². The molecule has 6 nitrogen and oxygen atoms in total. The maximum atomic E-state index is 10.7. The molecule has 2 rings (SSSR count). The zero-order valence-electron chi connectivity index (χ0n) is 11.5. The number of anilines is 1. The Balaban J connectivity index is 1.94. The summed E-state index contributed by atoms with van der Waals surface area (Å²) in [6.07, 6.45) is 0. The molecule has 1 heterocycles. The van der Waals surface area contributed by atoms with Crippen molar-refractivity contribution < 1.29 is 4.92 Å². The van der Waals surface area contributed by atoms with Crippen LogP contribution in [0.5, 0.6) is 0 Å². The Morgan fingerprint density at radius 2 is 2.15 bits per heavy atom. The molecule has 1 aromatic carbocycles. The molecule has 0 radical (unpaired) electrons. The second-order valence-electron chi connectivity index (χ2n) is 4.91. The van der Waals surface area contributed by atoms with Crippen molar-refractivity contribution in [1.82, 2.24) is 10.2 Å². The smallest absolute Gasteiger partial charge is 0.270 e. The minimum Gasteiger partial charge on any atom is -0.372 e. The Hall–Kier alpha value is -0.930. The molecule has 0 atom stereocenters.